The molecule has 0 fully saturated rings. The maximum absolute atomic E-state index is 12.3. The maximum atomic E-state index is 12.3. The Morgan fingerprint density at radius 2 is 1.88 bits per heavy atom. The third kappa shape index (κ3) is 4.03. The van der Waals surface area contributed by atoms with Gasteiger partial charge in [-0.25, -0.2) is 0 Å². The molecule has 0 atom stereocenters. The van der Waals surface area contributed by atoms with Gasteiger partial charge in [0.05, 0.1) is 7.11 Å². The van der Waals surface area contributed by atoms with E-state index < -0.39 is 18.0 Å². The number of alkyl halides is 3. The van der Waals surface area contributed by atoms with E-state index in [0.29, 0.717) is 11.3 Å². The summed E-state index contributed by atoms with van der Waals surface area (Å²) in [6.07, 6.45) is -4.79. The fraction of sp³-hybridized carbons (Fsp3) is 0.118. The van der Waals surface area contributed by atoms with Crippen molar-refractivity contribution in [1.82, 2.24) is 4.98 Å². The Morgan fingerprint density at radius 3 is 2.60 bits per heavy atom. The Labute approximate surface area is 140 Å². The molecule has 0 saturated heterocycles. The number of fused-ring (bicyclic) bond motifs is 1. The second-order valence-electron chi connectivity index (χ2n) is 5.17. The van der Waals surface area contributed by atoms with Crippen LogP contribution in [0.5, 0.6) is 11.5 Å². The number of hydrogen-bond donors (Lipinski definition) is 2. The molecule has 0 aliphatic heterocycles. The number of carbonyl (C=O) groups is 1. The molecule has 130 valence electrons. The van der Waals surface area contributed by atoms with Crippen LogP contribution >= 0.6 is 0 Å². The van der Waals surface area contributed by atoms with Crippen LogP contribution in [0.25, 0.3) is 10.9 Å². The van der Waals surface area contributed by atoms with Gasteiger partial charge in [0.1, 0.15) is 17.2 Å². The van der Waals surface area contributed by atoms with Crippen LogP contribution in [-0.4, -0.2) is 24.4 Å². The Hall–Kier alpha value is -3.16. The van der Waals surface area contributed by atoms with Crippen molar-refractivity contribution >= 4 is 22.5 Å². The number of ether oxygens (including phenoxy) is 2. The number of methoxy groups -OCH3 is 1. The Kier molecular flexibility index (Phi) is 4.26. The number of rotatable bonds is 4. The zero-order valence-electron chi connectivity index (χ0n) is 13.0. The van der Waals surface area contributed by atoms with Gasteiger partial charge in [-0.15, -0.1) is 13.2 Å². The molecule has 1 aromatic heterocycles. The van der Waals surface area contributed by atoms with Crippen molar-refractivity contribution in [2.75, 3.05) is 12.4 Å². The lowest BCUT2D eigenvalue weighted by Gasteiger charge is -2.10. The molecular formula is C17H13F3N2O3. The van der Waals surface area contributed by atoms with Crippen molar-refractivity contribution < 1.29 is 27.4 Å². The molecule has 2 N–H and O–H groups in total. The van der Waals surface area contributed by atoms with E-state index in [2.05, 4.69) is 15.0 Å². The predicted octanol–water partition coefficient (Wildman–Crippen LogP) is 4.33. The lowest BCUT2D eigenvalue weighted by molar-refractivity contribution is -0.274. The number of hydrogen-bond acceptors (Lipinski definition) is 3. The SMILES string of the molecule is COc1ccc2cc(C(=O)Nc3cccc(OC(F)(F)F)c3)[nH]c2c1. The molecular weight excluding hydrogens is 337 g/mol. The number of carbonyl (C=O) groups excluding carboxylic acids is 1. The summed E-state index contributed by atoms with van der Waals surface area (Å²) in [5.41, 5.74) is 1.16. The summed E-state index contributed by atoms with van der Waals surface area (Å²) in [5.74, 6) is -0.260. The fourth-order valence-electron chi connectivity index (χ4n) is 2.32. The van der Waals surface area contributed by atoms with Crippen LogP contribution in [0.2, 0.25) is 0 Å². The second kappa shape index (κ2) is 6.39. The van der Waals surface area contributed by atoms with E-state index in [1.54, 1.807) is 24.3 Å². The van der Waals surface area contributed by atoms with Crippen molar-refractivity contribution in [3.8, 4) is 11.5 Å². The van der Waals surface area contributed by atoms with E-state index in [1.807, 2.05) is 0 Å². The molecule has 0 spiro atoms. The van der Waals surface area contributed by atoms with E-state index in [0.717, 1.165) is 17.5 Å². The molecule has 0 aliphatic rings. The average molecular weight is 350 g/mol. The Bertz CT molecular complexity index is 919. The van der Waals surface area contributed by atoms with Gasteiger partial charge in [-0.05, 0) is 30.3 Å². The first-order chi connectivity index (χ1) is 11.8. The minimum Gasteiger partial charge on any atom is -0.497 e. The highest BCUT2D eigenvalue weighted by atomic mass is 19.4. The molecule has 3 rings (SSSR count). The van der Waals surface area contributed by atoms with Crippen LogP contribution < -0.4 is 14.8 Å². The summed E-state index contributed by atoms with van der Waals surface area (Å²) >= 11 is 0. The van der Waals surface area contributed by atoms with Gasteiger partial charge >= 0.3 is 6.36 Å². The highest BCUT2D eigenvalue weighted by molar-refractivity contribution is 6.06. The molecule has 0 saturated carbocycles. The van der Waals surface area contributed by atoms with E-state index >= 15 is 0 Å². The highest BCUT2D eigenvalue weighted by Gasteiger charge is 2.31. The van der Waals surface area contributed by atoms with Gasteiger partial charge in [0.2, 0.25) is 0 Å². The molecule has 0 unspecified atom stereocenters. The smallest absolute Gasteiger partial charge is 0.497 e. The minimum atomic E-state index is -4.79. The normalized spacial score (nSPS) is 11.4. The summed E-state index contributed by atoms with van der Waals surface area (Å²) in [7, 11) is 1.54. The third-order valence-corrected chi connectivity index (χ3v) is 3.40. The van der Waals surface area contributed by atoms with Crippen molar-refractivity contribution in [1.29, 1.82) is 0 Å². The number of aromatic nitrogens is 1. The van der Waals surface area contributed by atoms with Crippen LogP contribution in [0.1, 0.15) is 10.5 Å². The lowest BCUT2D eigenvalue weighted by Crippen LogP contribution is -2.17. The number of halogens is 3. The van der Waals surface area contributed by atoms with Crippen LogP contribution in [0, 0.1) is 0 Å². The van der Waals surface area contributed by atoms with E-state index in [9.17, 15) is 18.0 Å². The number of amides is 1. The summed E-state index contributed by atoms with van der Waals surface area (Å²) in [5, 5.41) is 3.33. The third-order valence-electron chi connectivity index (χ3n) is 3.40. The van der Waals surface area contributed by atoms with Crippen molar-refractivity contribution in [3.63, 3.8) is 0 Å². The predicted molar refractivity (Wildman–Crippen MR) is 85.9 cm³/mol. The number of nitrogens with one attached hydrogen (secondary N) is 2. The molecule has 5 nitrogen and oxygen atoms in total. The first-order valence-electron chi connectivity index (χ1n) is 7.18. The van der Waals surface area contributed by atoms with Crippen LogP contribution in [0.4, 0.5) is 18.9 Å². The molecule has 1 amide bonds. The Balaban J connectivity index is 1.79. The molecule has 25 heavy (non-hydrogen) atoms. The van der Waals surface area contributed by atoms with Gasteiger partial charge in [-0.1, -0.05) is 6.07 Å². The van der Waals surface area contributed by atoms with Crippen LogP contribution in [0.15, 0.2) is 48.5 Å². The summed E-state index contributed by atoms with van der Waals surface area (Å²) in [6.45, 7) is 0. The molecule has 0 bridgehead atoms. The van der Waals surface area contributed by atoms with Gasteiger partial charge in [0, 0.05) is 28.7 Å². The number of benzene rings is 2. The molecule has 1 heterocycles. The fourth-order valence-corrected chi connectivity index (χ4v) is 2.32. The number of anilines is 1. The largest absolute Gasteiger partial charge is 0.573 e. The molecule has 3 aromatic rings. The molecule has 0 aliphatic carbocycles. The van der Waals surface area contributed by atoms with Crippen LogP contribution in [-0.2, 0) is 0 Å². The Morgan fingerprint density at radius 1 is 1.08 bits per heavy atom. The van der Waals surface area contributed by atoms with E-state index in [4.69, 9.17) is 4.74 Å². The van der Waals surface area contributed by atoms with Crippen LogP contribution in [0.3, 0.4) is 0 Å². The highest BCUT2D eigenvalue weighted by Crippen LogP contribution is 2.26. The number of aromatic amines is 1. The monoisotopic (exact) mass is 350 g/mol. The minimum absolute atomic E-state index is 0.183. The lowest BCUT2D eigenvalue weighted by atomic mass is 10.2. The van der Waals surface area contributed by atoms with Gasteiger partial charge < -0.3 is 19.8 Å². The number of H-pyrrole nitrogens is 1. The topological polar surface area (TPSA) is 63.4 Å². The van der Waals surface area contributed by atoms with E-state index in [-0.39, 0.29) is 11.4 Å². The van der Waals surface area contributed by atoms with Gasteiger partial charge in [-0.2, -0.15) is 0 Å². The summed E-state index contributed by atoms with van der Waals surface area (Å²) < 4.78 is 45.7. The quantitative estimate of drug-likeness (QED) is 0.736. The van der Waals surface area contributed by atoms with Gasteiger partial charge in [-0.3, -0.25) is 4.79 Å². The average Bonchev–Trinajstić information content (AvgIpc) is 2.96. The maximum Gasteiger partial charge on any atom is 0.573 e. The van der Waals surface area contributed by atoms with E-state index in [1.165, 1.54) is 19.2 Å². The van der Waals surface area contributed by atoms with Crippen molar-refractivity contribution in [3.05, 3.63) is 54.2 Å². The van der Waals surface area contributed by atoms with Crippen molar-refractivity contribution in [2.45, 2.75) is 6.36 Å². The molecule has 8 heteroatoms. The van der Waals surface area contributed by atoms with Crippen molar-refractivity contribution in [2.24, 2.45) is 0 Å². The second-order valence-corrected chi connectivity index (χ2v) is 5.17. The first kappa shape index (κ1) is 16.7. The molecule has 0 radical (unpaired) electrons. The van der Waals surface area contributed by atoms with Gasteiger partial charge in [0.25, 0.3) is 5.91 Å². The summed E-state index contributed by atoms with van der Waals surface area (Å²) in [6, 6.07) is 12.0. The first-order valence-corrected chi connectivity index (χ1v) is 7.18. The zero-order chi connectivity index (χ0) is 18.0. The summed E-state index contributed by atoms with van der Waals surface area (Å²) in [4.78, 5) is 15.2. The zero-order valence-corrected chi connectivity index (χ0v) is 13.0. The molecule has 2 aromatic carbocycles. The standard InChI is InChI=1S/C17H13F3N2O3/c1-24-12-6-5-10-7-15(22-14(10)9-12)16(23)21-11-3-2-4-13(8-11)25-17(18,19)20/h2-9,22H,1H3,(H,21,23). The van der Waals surface area contributed by atoms with Gasteiger partial charge in [0.15, 0.2) is 0 Å².